The average molecular weight is 379 g/mol. The van der Waals surface area contributed by atoms with Crippen molar-refractivity contribution in [1.82, 2.24) is 20.1 Å². The number of carbonyl (C=O) groups excluding carboxylic acids is 2. The third kappa shape index (κ3) is 5.64. The highest BCUT2D eigenvalue weighted by Crippen LogP contribution is 2.20. The number of rotatable bonds is 7. The summed E-state index contributed by atoms with van der Waals surface area (Å²) in [5.74, 6) is 0.300. The van der Waals surface area contributed by atoms with Crippen molar-refractivity contribution in [1.29, 1.82) is 0 Å². The second kappa shape index (κ2) is 9.28. The van der Waals surface area contributed by atoms with Crippen molar-refractivity contribution < 1.29 is 9.59 Å². The minimum absolute atomic E-state index is 0.0339. The van der Waals surface area contributed by atoms with E-state index in [2.05, 4.69) is 35.1 Å². The van der Waals surface area contributed by atoms with Gasteiger partial charge in [0.25, 0.3) is 0 Å². The summed E-state index contributed by atoms with van der Waals surface area (Å²) in [7, 11) is 1.78. The van der Waals surface area contributed by atoms with E-state index in [4.69, 9.17) is 0 Å². The molecule has 1 atom stereocenters. The normalized spacial score (nSPS) is 17.9. The topological polar surface area (TPSA) is 65.5 Å². The third-order valence-electron chi connectivity index (χ3n) is 4.43. The molecule has 1 aromatic heterocycles. The van der Waals surface area contributed by atoms with Gasteiger partial charge in [-0.25, -0.2) is 4.98 Å². The van der Waals surface area contributed by atoms with Crippen molar-refractivity contribution in [3.05, 3.63) is 27.7 Å². The Balaban J connectivity index is 1.97. The van der Waals surface area contributed by atoms with Gasteiger partial charge in [-0.3, -0.25) is 14.5 Å². The first-order chi connectivity index (χ1) is 12.3. The summed E-state index contributed by atoms with van der Waals surface area (Å²) in [6.07, 6.45) is 2.29. The zero-order valence-electron chi connectivity index (χ0n) is 16.4. The number of amides is 2. The largest absolute Gasteiger partial charge is 0.353 e. The molecule has 7 heteroatoms. The number of hydrogen-bond donors (Lipinski definition) is 1. The van der Waals surface area contributed by atoms with Gasteiger partial charge in [0.1, 0.15) is 0 Å². The molecule has 1 aliphatic rings. The van der Waals surface area contributed by atoms with E-state index < -0.39 is 6.04 Å². The van der Waals surface area contributed by atoms with Crippen molar-refractivity contribution in [2.75, 3.05) is 26.7 Å². The zero-order chi connectivity index (χ0) is 19.3. The minimum atomic E-state index is -0.407. The Morgan fingerprint density at radius 1 is 1.50 bits per heavy atom. The number of aromatic nitrogens is 1. The molecule has 0 aliphatic carbocycles. The van der Waals surface area contributed by atoms with Crippen LogP contribution in [0.4, 0.5) is 0 Å². The fraction of sp³-hybridized carbons (Fsp3) is 0.632. The third-order valence-corrected chi connectivity index (χ3v) is 5.63. The standard InChI is InChI=1S/C19H30N4O2S/c1-13(2)6-8-23-9-7-20-18(25)16(23)10-17(24)22(5)11-15-12-26-19(21-15)14(3)4/h6,12,14,16H,7-11H2,1-5H3,(H,20,25)/t16-/m1/s1. The number of thiazole rings is 1. The van der Waals surface area contributed by atoms with Crippen molar-refractivity contribution in [2.24, 2.45) is 0 Å². The molecule has 1 N–H and O–H groups in total. The van der Waals surface area contributed by atoms with Gasteiger partial charge in [-0.1, -0.05) is 25.5 Å². The predicted octanol–water partition coefficient (Wildman–Crippen LogP) is 2.38. The highest BCUT2D eigenvalue weighted by Gasteiger charge is 2.31. The minimum Gasteiger partial charge on any atom is -0.353 e. The molecule has 2 rings (SSSR count). The van der Waals surface area contributed by atoms with E-state index in [9.17, 15) is 9.59 Å². The molecule has 0 saturated carbocycles. The van der Waals surface area contributed by atoms with Gasteiger partial charge in [0.05, 0.1) is 29.7 Å². The number of piperazine rings is 1. The Morgan fingerprint density at radius 2 is 2.23 bits per heavy atom. The molecule has 1 aliphatic heterocycles. The van der Waals surface area contributed by atoms with Crippen LogP contribution in [0.3, 0.4) is 0 Å². The Hall–Kier alpha value is -1.73. The van der Waals surface area contributed by atoms with Gasteiger partial charge in [-0.2, -0.15) is 0 Å². The van der Waals surface area contributed by atoms with E-state index in [1.54, 1.807) is 23.3 Å². The molecule has 26 heavy (non-hydrogen) atoms. The first kappa shape index (κ1) is 20.6. The summed E-state index contributed by atoms with van der Waals surface area (Å²) in [6, 6.07) is -0.407. The lowest BCUT2D eigenvalue weighted by Gasteiger charge is -2.34. The summed E-state index contributed by atoms with van der Waals surface area (Å²) in [5.41, 5.74) is 2.12. The lowest BCUT2D eigenvalue weighted by atomic mass is 10.1. The quantitative estimate of drug-likeness (QED) is 0.740. The number of nitrogens with zero attached hydrogens (tertiary/aromatic N) is 3. The second-order valence-electron chi connectivity index (χ2n) is 7.37. The van der Waals surface area contributed by atoms with Gasteiger partial charge >= 0.3 is 0 Å². The van der Waals surface area contributed by atoms with Gasteiger partial charge in [0.2, 0.25) is 11.8 Å². The molecular weight excluding hydrogens is 348 g/mol. The monoisotopic (exact) mass is 378 g/mol. The summed E-state index contributed by atoms with van der Waals surface area (Å²) in [4.78, 5) is 33.3. The van der Waals surface area contributed by atoms with Crippen LogP contribution in [0.25, 0.3) is 0 Å². The Bertz CT molecular complexity index is 664. The molecule has 144 valence electrons. The maximum Gasteiger partial charge on any atom is 0.237 e. The average Bonchev–Trinajstić information content (AvgIpc) is 3.04. The maximum absolute atomic E-state index is 12.7. The molecule has 1 fully saturated rings. The molecule has 0 unspecified atom stereocenters. The molecule has 0 spiro atoms. The van der Waals surface area contributed by atoms with Crippen LogP contribution in [0.5, 0.6) is 0 Å². The van der Waals surface area contributed by atoms with Crippen LogP contribution < -0.4 is 5.32 Å². The lowest BCUT2D eigenvalue weighted by Crippen LogP contribution is -2.56. The predicted molar refractivity (Wildman–Crippen MR) is 105 cm³/mol. The van der Waals surface area contributed by atoms with Crippen LogP contribution >= 0.6 is 11.3 Å². The molecule has 6 nitrogen and oxygen atoms in total. The van der Waals surface area contributed by atoms with Gasteiger partial charge in [0.15, 0.2) is 0 Å². The molecule has 1 saturated heterocycles. The van der Waals surface area contributed by atoms with E-state index in [1.165, 1.54) is 5.57 Å². The summed E-state index contributed by atoms with van der Waals surface area (Å²) in [5, 5.41) is 5.97. The van der Waals surface area contributed by atoms with Crippen molar-refractivity contribution in [3.63, 3.8) is 0 Å². The van der Waals surface area contributed by atoms with Gasteiger partial charge < -0.3 is 10.2 Å². The van der Waals surface area contributed by atoms with Crippen LogP contribution in [0, 0.1) is 0 Å². The van der Waals surface area contributed by atoms with Gasteiger partial charge in [0, 0.05) is 38.0 Å². The van der Waals surface area contributed by atoms with E-state index in [1.807, 2.05) is 19.2 Å². The molecule has 0 aromatic carbocycles. The van der Waals surface area contributed by atoms with Crippen molar-refractivity contribution >= 4 is 23.2 Å². The zero-order valence-corrected chi connectivity index (χ0v) is 17.2. The highest BCUT2D eigenvalue weighted by molar-refractivity contribution is 7.09. The van der Waals surface area contributed by atoms with E-state index >= 15 is 0 Å². The summed E-state index contributed by atoms with van der Waals surface area (Å²) >= 11 is 1.63. The van der Waals surface area contributed by atoms with Crippen LogP contribution in [0.2, 0.25) is 0 Å². The van der Waals surface area contributed by atoms with Gasteiger partial charge in [-0.05, 0) is 13.8 Å². The fourth-order valence-electron chi connectivity index (χ4n) is 2.82. The molecule has 0 radical (unpaired) electrons. The summed E-state index contributed by atoms with van der Waals surface area (Å²) in [6.45, 7) is 10.9. The number of carbonyl (C=O) groups is 2. The first-order valence-electron chi connectivity index (χ1n) is 9.11. The van der Waals surface area contributed by atoms with E-state index in [0.29, 0.717) is 25.6 Å². The molecule has 1 aromatic rings. The lowest BCUT2D eigenvalue weighted by molar-refractivity contribution is -0.138. The number of nitrogens with one attached hydrogen (secondary N) is 1. The van der Waals surface area contributed by atoms with E-state index in [-0.39, 0.29) is 18.2 Å². The number of allylic oxidation sites excluding steroid dienone is 1. The van der Waals surface area contributed by atoms with Crippen molar-refractivity contribution in [2.45, 2.75) is 52.6 Å². The molecule has 0 bridgehead atoms. The molecule has 2 heterocycles. The smallest absolute Gasteiger partial charge is 0.237 e. The van der Waals surface area contributed by atoms with Crippen LogP contribution in [-0.4, -0.2) is 59.3 Å². The molecular formula is C19H30N4O2S. The first-order valence-corrected chi connectivity index (χ1v) is 9.99. The Kier molecular flexibility index (Phi) is 7.34. The van der Waals surface area contributed by atoms with Crippen LogP contribution in [0.15, 0.2) is 17.0 Å². The van der Waals surface area contributed by atoms with Crippen LogP contribution in [-0.2, 0) is 16.1 Å². The van der Waals surface area contributed by atoms with Crippen LogP contribution in [0.1, 0.15) is 50.7 Å². The van der Waals surface area contributed by atoms with E-state index in [0.717, 1.165) is 17.2 Å². The second-order valence-corrected chi connectivity index (χ2v) is 8.26. The summed E-state index contributed by atoms with van der Waals surface area (Å²) < 4.78 is 0. The number of hydrogen-bond acceptors (Lipinski definition) is 5. The molecule has 2 amide bonds. The fourth-order valence-corrected chi connectivity index (χ4v) is 3.64. The highest BCUT2D eigenvalue weighted by atomic mass is 32.1. The van der Waals surface area contributed by atoms with Gasteiger partial charge in [-0.15, -0.1) is 11.3 Å². The van der Waals surface area contributed by atoms with Crippen molar-refractivity contribution in [3.8, 4) is 0 Å². The maximum atomic E-state index is 12.7. The SMILES string of the molecule is CC(C)=CCN1CCNC(=O)[C@H]1CC(=O)N(C)Cc1csc(C(C)C)n1. The Morgan fingerprint density at radius 3 is 2.85 bits per heavy atom. The Labute approximate surface area is 160 Å².